The lowest BCUT2D eigenvalue weighted by molar-refractivity contribution is 0.454. The summed E-state index contributed by atoms with van der Waals surface area (Å²) >= 11 is 0. The molecule has 0 spiro atoms. The molecule has 252 valence electrons. The van der Waals surface area contributed by atoms with Crippen LogP contribution >= 0.6 is 14.1 Å². The summed E-state index contributed by atoms with van der Waals surface area (Å²) in [7, 11) is -7.49. The average molecular weight is 725 g/mol. The van der Waals surface area contributed by atoms with Crippen LogP contribution < -0.4 is 15.9 Å². The van der Waals surface area contributed by atoms with Gasteiger partial charge in [-0.15, -0.1) is 0 Å². The number of hydrogen-bond acceptors (Lipinski definition) is 4. The van der Waals surface area contributed by atoms with Crippen LogP contribution in [0.3, 0.4) is 0 Å². The van der Waals surface area contributed by atoms with Gasteiger partial charge in [-0.1, -0.05) is 91.0 Å². The predicted octanol–water partition coefficient (Wildman–Crippen LogP) is 10.0. The van der Waals surface area contributed by atoms with Crippen LogP contribution in [0.25, 0.3) is 0 Å². The maximum Gasteiger partial charge on any atom is 0.188 e. The summed E-state index contributed by atoms with van der Waals surface area (Å²) in [5, 5.41) is 18.5. The Labute approximate surface area is 281 Å². The van der Waals surface area contributed by atoms with E-state index in [4.69, 9.17) is 0 Å². The molecule has 1 aliphatic heterocycles. The third-order valence-corrected chi connectivity index (χ3v) is 18.6. The quantitative estimate of drug-likeness (QED) is 0.0994. The molecule has 50 heavy (non-hydrogen) atoms. The fraction of sp³-hybridized carbons (Fsp3) is 0.111. The molecular formula is C36H22F8N4P2. The molecule has 0 N–H and O–H groups in total. The first kappa shape index (κ1) is 34.8. The average Bonchev–Trinajstić information content (AvgIpc) is 3.58. The van der Waals surface area contributed by atoms with Crippen LogP contribution in [0, 0.1) is 69.2 Å². The lowest BCUT2D eigenvalue weighted by Gasteiger charge is -2.39. The summed E-state index contributed by atoms with van der Waals surface area (Å²) in [5.74, 6) is -15.5. The lowest BCUT2D eigenvalue weighted by atomic mass is 10.1. The van der Waals surface area contributed by atoms with E-state index in [-0.39, 0.29) is 12.6 Å². The minimum atomic E-state index is -3.88. The minimum absolute atomic E-state index is 0.0851. The van der Waals surface area contributed by atoms with Crippen LogP contribution in [0.1, 0.15) is 24.0 Å². The van der Waals surface area contributed by atoms with Gasteiger partial charge in [0.05, 0.1) is 0 Å². The van der Waals surface area contributed by atoms with E-state index < -0.39 is 88.5 Å². The highest BCUT2D eigenvalue weighted by molar-refractivity contribution is 7.94. The minimum Gasteiger partial charge on any atom is -0.256 e. The number of hydrogen-bond donors (Lipinski definition) is 0. The Kier molecular flexibility index (Phi) is 9.55. The van der Waals surface area contributed by atoms with Crippen molar-refractivity contribution in [2.24, 2.45) is 9.49 Å². The summed E-state index contributed by atoms with van der Waals surface area (Å²) in [4.78, 5) is 0. The first-order valence-corrected chi connectivity index (χ1v) is 18.8. The van der Waals surface area contributed by atoms with Gasteiger partial charge in [0, 0.05) is 19.5 Å². The molecule has 0 saturated carbocycles. The van der Waals surface area contributed by atoms with Crippen LogP contribution in [0.2, 0.25) is 0 Å². The number of nitrogens with zero attached hydrogens (tertiary/aromatic N) is 4. The van der Waals surface area contributed by atoms with Crippen molar-refractivity contribution in [3.05, 3.63) is 149 Å². The van der Waals surface area contributed by atoms with Crippen LogP contribution in [0.5, 0.6) is 0 Å². The second-order valence-corrected chi connectivity index (χ2v) is 18.3. The van der Waals surface area contributed by atoms with Gasteiger partial charge in [0.2, 0.25) is 0 Å². The molecule has 0 bridgehead atoms. The van der Waals surface area contributed by atoms with Crippen molar-refractivity contribution in [2.45, 2.75) is 18.2 Å². The highest BCUT2D eigenvalue weighted by atomic mass is 31.2. The van der Waals surface area contributed by atoms with Gasteiger partial charge in [0.25, 0.3) is 0 Å². The molecule has 1 saturated heterocycles. The highest BCUT2D eigenvalue weighted by Gasteiger charge is 2.49. The van der Waals surface area contributed by atoms with Gasteiger partial charge in [-0.2, -0.15) is 10.5 Å². The predicted molar refractivity (Wildman–Crippen MR) is 176 cm³/mol. The van der Waals surface area contributed by atoms with E-state index in [0.29, 0.717) is 22.3 Å². The summed E-state index contributed by atoms with van der Waals surface area (Å²) in [5.41, 5.74) is -5.61. The first-order valence-electron chi connectivity index (χ1n) is 15.0. The topological polar surface area (TPSA) is 72.3 Å². The van der Waals surface area contributed by atoms with Crippen molar-refractivity contribution in [1.82, 2.24) is 0 Å². The zero-order valence-electron chi connectivity index (χ0n) is 25.6. The molecule has 0 radical (unpaired) electrons. The molecular weight excluding hydrogens is 702 g/mol. The Hall–Kier alpha value is -5.02. The van der Waals surface area contributed by atoms with Gasteiger partial charge in [-0.05, 0) is 34.9 Å². The maximum absolute atomic E-state index is 15.8. The van der Waals surface area contributed by atoms with E-state index in [9.17, 15) is 10.5 Å². The van der Waals surface area contributed by atoms with E-state index >= 15 is 35.1 Å². The monoisotopic (exact) mass is 724 g/mol. The van der Waals surface area contributed by atoms with Gasteiger partial charge < -0.3 is 0 Å². The molecule has 0 amide bonds. The lowest BCUT2D eigenvalue weighted by Crippen LogP contribution is -2.27. The molecule has 4 nitrogen and oxygen atoms in total. The van der Waals surface area contributed by atoms with Crippen LogP contribution in [0.15, 0.2) is 100 Å². The van der Waals surface area contributed by atoms with E-state index in [1.165, 1.54) is 0 Å². The first-order chi connectivity index (χ1) is 24.0. The molecule has 14 heteroatoms. The van der Waals surface area contributed by atoms with Crippen molar-refractivity contribution < 1.29 is 35.1 Å². The largest absolute Gasteiger partial charge is 0.256 e. The molecule has 5 aromatic rings. The third-order valence-electron chi connectivity index (χ3n) is 8.63. The van der Waals surface area contributed by atoms with Crippen molar-refractivity contribution in [2.75, 3.05) is 6.16 Å². The van der Waals surface area contributed by atoms with E-state index in [1.54, 1.807) is 91.0 Å². The Balaban J connectivity index is 1.86. The molecule has 1 heterocycles. The Morgan fingerprint density at radius 2 is 0.960 bits per heavy atom. The Bertz CT molecular complexity index is 2240. The second-order valence-electron chi connectivity index (χ2n) is 11.2. The zero-order chi connectivity index (χ0) is 35.8. The van der Waals surface area contributed by atoms with Crippen LogP contribution in [-0.4, -0.2) is 11.6 Å². The van der Waals surface area contributed by atoms with Crippen molar-refractivity contribution in [3.63, 3.8) is 0 Å². The second kappa shape index (κ2) is 13.7. The number of benzene rings is 5. The van der Waals surface area contributed by atoms with Gasteiger partial charge in [0.15, 0.2) is 46.5 Å². The Morgan fingerprint density at radius 3 is 1.38 bits per heavy atom. The normalized spacial score (nSPS) is 17.2. The summed E-state index contributed by atoms with van der Waals surface area (Å²) in [6.45, 7) is 0. The van der Waals surface area contributed by atoms with Gasteiger partial charge in [0.1, 0.15) is 34.6 Å². The standard InChI is InChI=1S/C36H22F8N4P2/c37-27-24(19-45)28(38)32(42)35(31(27)41)47-49(21-11-4-1-5-12-21)18-10-17-26(49)50(22-13-6-2-7-14-22,23-15-8-3-9-16-23)48-36-33(43)29(39)25(20-46)30(40)34(36)44/h1-9,11-16,26H,10,17-18H2. The number of halogens is 8. The maximum atomic E-state index is 15.8. The van der Waals surface area contributed by atoms with E-state index in [0.717, 1.165) is 12.1 Å². The summed E-state index contributed by atoms with van der Waals surface area (Å²) in [6, 6.07) is 26.4. The fourth-order valence-corrected chi connectivity index (χ4v) is 17.9. The molecule has 0 aliphatic carbocycles. The molecule has 5 aromatic carbocycles. The van der Waals surface area contributed by atoms with Crippen LogP contribution in [-0.2, 0) is 0 Å². The molecule has 1 fully saturated rings. The Morgan fingerprint density at radius 1 is 0.560 bits per heavy atom. The smallest absolute Gasteiger partial charge is 0.188 e. The van der Waals surface area contributed by atoms with Gasteiger partial charge >= 0.3 is 0 Å². The summed E-state index contributed by atoms with van der Waals surface area (Å²) < 4.78 is 133. The van der Waals surface area contributed by atoms with E-state index in [1.807, 2.05) is 0 Å². The SMILES string of the molecule is N#Cc1c(F)c(F)c(N=P2(c3ccccc3)CCCC2P(=Nc2c(F)c(F)c(C#N)c(F)c2F)(c2ccccc2)c2ccccc2)c(F)c1F. The number of nitriles is 2. The molecule has 2 unspecified atom stereocenters. The molecule has 6 rings (SSSR count). The molecule has 2 atom stereocenters. The molecule has 0 aromatic heterocycles. The van der Waals surface area contributed by atoms with E-state index in [2.05, 4.69) is 9.49 Å². The van der Waals surface area contributed by atoms with Gasteiger partial charge in [-0.25, -0.2) is 35.1 Å². The third kappa shape index (κ3) is 5.44. The van der Waals surface area contributed by atoms with Gasteiger partial charge in [-0.3, -0.25) is 9.49 Å². The molecule has 1 aliphatic rings. The highest BCUT2D eigenvalue weighted by Crippen LogP contribution is 2.76. The summed E-state index contributed by atoms with van der Waals surface area (Å²) in [6.07, 6.45) is 0.517. The van der Waals surface area contributed by atoms with Crippen LogP contribution in [0.4, 0.5) is 46.5 Å². The van der Waals surface area contributed by atoms with Crippen molar-refractivity contribution >= 4 is 41.4 Å². The number of rotatable bonds is 6. The zero-order valence-corrected chi connectivity index (χ0v) is 27.4. The fourth-order valence-electron chi connectivity index (χ4n) is 6.44. The van der Waals surface area contributed by atoms with Crippen molar-refractivity contribution in [1.29, 1.82) is 10.5 Å². The van der Waals surface area contributed by atoms with Crippen molar-refractivity contribution in [3.8, 4) is 12.1 Å².